The Kier molecular flexibility index (Phi) is 9.88. The second kappa shape index (κ2) is 16.5. The molecule has 0 aliphatic heterocycles. The summed E-state index contributed by atoms with van der Waals surface area (Å²) in [5.41, 5.74) is 11.9. The van der Waals surface area contributed by atoms with E-state index in [2.05, 4.69) is 183 Å². The van der Waals surface area contributed by atoms with Crippen LogP contribution in [-0.2, 0) is 0 Å². The van der Waals surface area contributed by atoms with Crippen LogP contribution in [0.5, 0.6) is 11.5 Å². The highest BCUT2D eigenvalue weighted by Gasteiger charge is 2.51. The Balaban J connectivity index is 1.04. The molecule has 360 valence electrons. The van der Waals surface area contributed by atoms with Crippen molar-refractivity contribution in [3.63, 3.8) is 0 Å². The van der Waals surface area contributed by atoms with Crippen LogP contribution in [0.15, 0.2) is 146 Å². The summed E-state index contributed by atoms with van der Waals surface area (Å²) in [5.74, 6) is 7.89. The van der Waals surface area contributed by atoms with Crippen LogP contribution >= 0.6 is 0 Å². The number of rotatable bonds is 10. The number of anilines is 6. The summed E-state index contributed by atoms with van der Waals surface area (Å²) < 4.78 is 15.9. The van der Waals surface area contributed by atoms with Gasteiger partial charge < -0.3 is 19.3 Å². The van der Waals surface area contributed by atoms with Gasteiger partial charge in [0.25, 0.3) is 0 Å². The predicted molar refractivity (Wildman–Crippen MR) is 299 cm³/mol. The number of hydrogen-bond donors (Lipinski definition) is 0. The SMILES string of the molecule is Cc1ccc(N(c2ccc(C)cc2)c2cc(OC3C4CC5CC(C4)CC3C5)c3c4cccc5c(N(c6ccc(C)cc6)c6ccc(C)cc6)cc(OC6C7CC8CC(C7)CC6C8)c(c6cccc2c63)c54)cc1. The van der Waals surface area contributed by atoms with Gasteiger partial charge in [-0.1, -0.05) is 107 Å². The molecule has 8 saturated carbocycles. The van der Waals surface area contributed by atoms with E-state index in [1.54, 1.807) is 0 Å². The maximum absolute atomic E-state index is 7.94. The summed E-state index contributed by atoms with van der Waals surface area (Å²) >= 11 is 0. The molecular formula is C68H66N2O2. The Labute approximate surface area is 425 Å². The van der Waals surface area contributed by atoms with Crippen molar-refractivity contribution in [1.29, 1.82) is 0 Å². The fourth-order valence-corrected chi connectivity index (χ4v) is 16.4. The van der Waals surface area contributed by atoms with E-state index in [1.165, 1.54) is 130 Å². The average molecular weight is 943 g/mol. The molecule has 0 saturated heterocycles. The van der Waals surface area contributed by atoms with Crippen molar-refractivity contribution in [3.8, 4) is 11.5 Å². The molecule has 4 nitrogen and oxygen atoms in total. The van der Waals surface area contributed by atoms with Gasteiger partial charge in [-0.05, 0) is 199 Å². The van der Waals surface area contributed by atoms with Gasteiger partial charge in [0.1, 0.15) is 23.7 Å². The smallest absolute Gasteiger partial charge is 0.130 e. The molecule has 8 aliphatic rings. The summed E-state index contributed by atoms with van der Waals surface area (Å²) in [6, 6.07) is 55.6. The van der Waals surface area contributed by atoms with Crippen LogP contribution < -0.4 is 19.3 Å². The lowest BCUT2D eigenvalue weighted by atomic mass is 9.55. The first-order valence-electron chi connectivity index (χ1n) is 27.6. The van der Waals surface area contributed by atoms with Crippen LogP contribution in [-0.4, -0.2) is 12.2 Å². The van der Waals surface area contributed by atoms with E-state index in [9.17, 15) is 0 Å². The van der Waals surface area contributed by atoms with Crippen LogP contribution in [0, 0.1) is 75.0 Å². The molecule has 72 heavy (non-hydrogen) atoms. The molecule has 9 aromatic carbocycles. The second-order valence-electron chi connectivity index (χ2n) is 24.0. The van der Waals surface area contributed by atoms with Crippen molar-refractivity contribution in [2.75, 3.05) is 9.80 Å². The van der Waals surface area contributed by atoms with Crippen molar-refractivity contribution < 1.29 is 9.47 Å². The number of fused-ring (bicyclic) bond motifs is 2. The first-order valence-corrected chi connectivity index (χ1v) is 27.6. The summed E-state index contributed by atoms with van der Waals surface area (Å²) in [7, 11) is 0. The zero-order valence-electron chi connectivity index (χ0n) is 42.4. The highest BCUT2D eigenvalue weighted by molar-refractivity contribution is 6.38. The Morgan fingerprint density at radius 1 is 0.319 bits per heavy atom. The summed E-state index contributed by atoms with van der Waals surface area (Å²) in [4.78, 5) is 5.00. The molecule has 0 radical (unpaired) electrons. The van der Waals surface area contributed by atoms with E-state index >= 15 is 0 Å². The minimum atomic E-state index is 0.208. The van der Waals surface area contributed by atoms with Gasteiger partial charge >= 0.3 is 0 Å². The van der Waals surface area contributed by atoms with Crippen LogP contribution in [0.4, 0.5) is 34.1 Å². The van der Waals surface area contributed by atoms with E-state index in [-0.39, 0.29) is 12.2 Å². The largest absolute Gasteiger partial charge is 0.489 e. The zero-order valence-corrected chi connectivity index (χ0v) is 42.4. The first-order chi connectivity index (χ1) is 35.2. The molecule has 0 aromatic heterocycles. The standard InChI is InChI=1S/C68H66N2O2/c1-39-11-19-51(20-12-39)69(52-21-13-40(2)14-22-52)59-37-61(71-67-47-29-43-27-44(31-47)32-48(67)30-43)65-58-10-6-8-56-60(70(53-23-15-41(3)16-24-53)54-25-17-42(4)18-26-54)38-62(66(64(56)58)57-9-5-7-55(59)63(57)65)72-68-49-33-45-28-46(35-49)36-50(68)34-45/h5-26,37-38,43-50,67-68H,27-36H2,1-4H3. The Morgan fingerprint density at radius 2 is 0.597 bits per heavy atom. The van der Waals surface area contributed by atoms with E-state index in [4.69, 9.17) is 9.47 Å². The van der Waals surface area contributed by atoms with Gasteiger partial charge in [-0.3, -0.25) is 0 Å². The Bertz CT molecular complexity index is 3160. The van der Waals surface area contributed by atoms with Crippen LogP contribution in [0.25, 0.3) is 43.1 Å². The molecule has 9 aromatic rings. The van der Waals surface area contributed by atoms with Gasteiger partial charge in [0, 0.05) is 67.2 Å². The topological polar surface area (TPSA) is 24.9 Å². The third-order valence-electron chi connectivity index (χ3n) is 19.2. The summed E-state index contributed by atoms with van der Waals surface area (Å²) in [6.45, 7) is 8.75. The van der Waals surface area contributed by atoms with Crippen molar-refractivity contribution in [3.05, 3.63) is 168 Å². The summed E-state index contributed by atoms with van der Waals surface area (Å²) in [5, 5.41) is 9.97. The van der Waals surface area contributed by atoms with Gasteiger partial charge in [0.05, 0.1) is 11.4 Å². The molecule has 8 aliphatic carbocycles. The van der Waals surface area contributed by atoms with E-state index in [1.807, 2.05) is 0 Å². The third kappa shape index (κ3) is 6.90. The normalized spacial score (nSPS) is 26.9. The first kappa shape index (κ1) is 43.1. The van der Waals surface area contributed by atoms with Crippen molar-refractivity contribution >= 4 is 77.2 Å². The predicted octanol–water partition coefficient (Wildman–Crippen LogP) is 18.3. The monoisotopic (exact) mass is 943 g/mol. The van der Waals surface area contributed by atoms with Crippen molar-refractivity contribution in [2.45, 2.75) is 104 Å². The number of hydrogen-bond acceptors (Lipinski definition) is 4. The lowest BCUT2D eigenvalue weighted by molar-refractivity contribution is -0.0784. The average Bonchev–Trinajstić information content (AvgIpc) is 3.38. The molecule has 0 unspecified atom stereocenters. The highest BCUT2D eigenvalue weighted by Crippen LogP contribution is 2.60. The molecular weight excluding hydrogens is 877 g/mol. The maximum Gasteiger partial charge on any atom is 0.130 e. The van der Waals surface area contributed by atoms with Gasteiger partial charge in [-0.25, -0.2) is 0 Å². The fourth-order valence-electron chi connectivity index (χ4n) is 16.4. The van der Waals surface area contributed by atoms with Gasteiger partial charge in [0.15, 0.2) is 0 Å². The molecule has 0 spiro atoms. The van der Waals surface area contributed by atoms with Gasteiger partial charge in [0.2, 0.25) is 0 Å². The van der Waals surface area contributed by atoms with E-state index in [0.717, 1.165) is 69.3 Å². The minimum absolute atomic E-state index is 0.208. The lowest BCUT2D eigenvalue weighted by Gasteiger charge is -2.54. The number of aryl methyl sites for hydroxylation is 4. The molecule has 8 bridgehead atoms. The molecule has 0 atom stereocenters. The Morgan fingerprint density at radius 3 is 0.889 bits per heavy atom. The molecule has 17 rings (SSSR count). The third-order valence-corrected chi connectivity index (χ3v) is 19.2. The van der Waals surface area contributed by atoms with E-state index < -0.39 is 0 Å². The zero-order chi connectivity index (χ0) is 47.9. The van der Waals surface area contributed by atoms with Crippen molar-refractivity contribution in [1.82, 2.24) is 0 Å². The lowest BCUT2D eigenvalue weighted by Crippen LogP contribution is -2.50. The highest BCUT2D eigenvalue weighted by atomic mass is 16.5. The van der Waals surface area contributed by atoms with Crippen LogP contribution in [0.1, 0.15) is 86.5 Å². The van der Waals surface area contributed by atoms with Crippen LogP contribution in [0.2, 0.25) is 0 Å². The van der Waals surface area contributed by atoms with Crippen LogP contribution in [0.3, 0.4) is 0 Å². The quantitative estimate of drug-likeness (QED) is 0.101. The molecule has 0 amide bonds. The summed E-state index contributed by atoms with van der Waals surface area (Å²) in [6.07, 6.45) is 13.7. The van der Waals surface area contributed by atoms with E-state index in [0.29, 0.717) is 23.7 Å². The van der Waals surface area contributed by atoms with Gasteiger partial charge in [-0.15, -0.1) is 0 Å². The number of ether oxygens (including phenoxy) is 2. The Hall–Kier alpha value is -6.52. The fraction of sp³-hybridized carbons (Fsp3) is 0.353. The second-order valence-corrected chi connectivity index (χ2v) is 24.0. The molecule has 4 heteroatoms. The maximum atomic E-state index is 7.94. The van der Waals surface area contributed by atoms with Crippen molar-refractivity contribution in [2.24, 2.45) is 47.3 Å². The number of nitrogens with zero attached hydrogens (tertiary/aromatic N) is 2. The van der Waals surface area contributed by atoms with Gasteiger partial charge in [-0.2, -0.15) is 0 Å². The molecule has 0 N–H and O–H groups in total. The number of benzene rings is 9. The minimum Gasteiger partial charge on any atom is -0.489 e. The molecule has 8 fully saturated rings. The molecule has 0 heterocycles.